The van der Waals surface area contributed by atoms with Gasteiger partial charge in [-0.2, -0.15) is 0 Å². The molecule has 1 aliphatic rings. The molecule has 32 heavy (non-hydrogen) atoms. The van der Waals surface area contributed by atoms with E-state index in [0.717, 1.165) is 46.6 Å². The smallest absolute Gasteiger partial charge is 0.125 e. The monoisotopic (exact) mass is 437 g/mol. The fourth-order valence-corrected chi connectivity index (χ4v) is 3.98. The molecular formula is C27H35NO4. The molecule has 2 unspecified atom stereocenters. The maximum Gasteiger partial charge on any atom is 0.125 e. The summed E-state index contributed by atoms with van der Waals surface area (Å²) in [6.07, 6.45) is 10.2. The van der Waals surface area contributed by atoms with Crippen molar-refractivity contribution in [3.63, 3.8) is 0 Å². The van der Waals surface area contributed by atoms with Gasteiger partial charge in [-0.1, -0.05) is 48.0 Å². The Labute approximate surface area is 192 Å². The van der Waals surface area contributed by atoms with Gasteiger partial charge in [0.25, 0.3) is 0 Å². The van der Waals surface area contributed by atoms with Crippen molar-refractivity contribution in [1.29, 1.82) is 0 Å². The Morgan fingerprint density at radius 1 is 1.00 bits per heavy atom. The number of oxime groups is 1. The van der Waals surface area contributed by atoms with Crippen molar-refractivity contribution >= 4 is 6.21 Å². The lowest BCUT2D eigenvalue weighted by atomic mass is 9.94. The lowest BCUT2D eigenvalue weighted by Gasteiger charge is -2.33. The second-order valence-corrected chi connectivity index (χ2v) is 8.22. The van der Waals surface area contributed by atoms with Gasteiger partial charge in [0.1, 0.15) is 31.3 Å². The predicted octanol–water partition coefficient (Wildman–Crippen LogP) is 6.15. The average molecular weight is 438 g/mol. The summed E-state index contributed by atoms with van der Waals surface area (Å²) in [6.45, 7) is 7.30. The van der Waals surface area contributed by atoms with E-state index in [4.69, 9.17) is 19.0 Å². The molecule has 0 heterocycles. The zero-order valence-electron chi connectivity index (χ0n) is 19.7. The number of rotatable bonds is 10. The molecule has 1 aliphatic carbocycles. The Kier molecular flexibility index (Phi) is 9.17. The van der Waals surface area contributed by atoms with Gasteiger partial charge < -0.3 is 19.0 Å². The van der Waals surface area contributed by atoms with Crippen molar-refractivity contribution in [1.82, 2.24) is 0 Å². The van der Waals surface area contributed by atoms with Crippen molar-refractivity contribution in [3.05, 3.63) is 70.8 Å². The Balaban J connectivity index is 1.62. The van der Waals surface area contributed by atoms with E-state index in [1.165, 1.54) is 20.0 Å². The van der Waals surface area contributed by atoms with Gasteiger partial charge in [0, 0.05) is 0 Å². The third-order valence-corrected chi connectivity index (χ3v) is 5.68. The summed E-state index contributed by atoms with van der Waals surface area (Å²) in [4.78, 5) is 4.73. The molecule has 0 radical (unpaired) electrons. The molecule has 3 rings (SSSR count). The standard InChI is InChI=1S/C27H35NO4/c1-5-6-15-30-24-16-20(2)27(21(3)17-24)32-26-10-8-7-9-25(26)31-19-23-13-11-22(12-14-23)18-28-29-4/h5-6,11-14,16-18,25-26H,7-10,15,19H2,1-4H3/b6-5+,28-18?. The Morgan fingerprint density at radius 3 is 2.34 bits per heavy atom. The minimum absolute atomic E-state index is 0.0593. The van der Waals surface area contributed by atoms with Crippen LogP contribution in [-0.4, -0.2) is 32.1 Å². The maximum absolute atomic E-state index is 6.54. The molecule has 0 aliphatic heterocycles. The number of allylic oxidation sites excluding steroid dienone is 1. The van der Waals surface area contributed by atoms with Gasteiger partial charge in [-0.15, -0.1) is 0 Å². The second-order valence-electron chi connectivity index (χ2n) is 8.22. The quantitative estimate of drug-likeness (QED) is 0.254. The van der Waals surface area contributed by atoms with E-state index in [1.54, 1.807) is 6.21 Å². The largest absolute Gasteiger partial charge is 0.490 e. The summed E-state index contributed by atoms with van der Waals surface area (Å²) in [7, 11) is 1.54. The van der Waals surface area contributed by atoms with Gasteiger partial charge in [-0.25, -0.2) is 0 Å². The number of nitrogens with zero attached hydrogens (tertiary/aromatic N) is 1. The van der Waals surface area contributed by atoms with Crippen LogP contribution in [0.1, 0.15) is 54.9 Å². The average Bonchev–Trinajstić information content (AvgIpc) is 2.80. The van der Waals surface area contributed by atoms with Crippen molar-refractivity contribution in [3.8, 4) is 11.5 Å². The van der Waals surface area contributed by atoms with Crippen LogP contribution < -0.4 is 9.47 Å². The highest BCUT2D eigenvalue weighted by atomic mass is 16.6. The van der Waals surface area contributed by atoms with Crippen LogP contribution >= 0.6 is 0 Å². The first-order chi connectivity index (χ1) is 15.6. The molecule has 5 nitrogen and oxygen atoms in total. The van der Waals surface area contributed by atoms with E-state index in [2.05, 4.69) is 43.3 Å². The zero-order chi connectivity index (χ0) is 22.8. The fourth-order valence-electron chi connectivity index (χ4n) is 3.98. The lowest BCUT2D eigenvalue weighted by molar-refractivity contribution is -0.0558. The van der Waals surface area contributed by atoms with Crippen molar-refractivity contribution in [2.45, 2.75) is 65.3 Å². The zero-order valence-corrected chi connectivity index (χ0v) is 19.7. The molecule has 1 saturated carbocycles. The fraction of sp³-hybridized carbons (Fsp3) is 0.444. The topological polar surface area (TPSA) is 49.3 Å². The van der Waals surface area contributed by atoms with Crippen LogP contribution in [0.4, 0.5) is 0 Å². The van der Waals surface area contributed by atoms with Gasteiger partial charge in [-0.05, 0) is 74.4 Å². The van der Waals surface area contributed by atoms with E-state index in [-0.39, 0.29) is 12.2 Å². The highest BCUT2D eigenvalue weighted by Gasteiger charge is 2.28. The van der Waals surface area contributed by atoms with Gasteiger partial charge >= 0.3 is 0 Å². The first kappa shape index (κ1) is 23.9. The van der Waals surface area contributed by atoms with Crippen molar-refractivity contribution < 1.29 is 19.0 Å². The van der Waals surface area contributed by atoms with Crippen LogP contribution in [0.15, 0.2) is 53.7 Å². The van der Waals surface area contributed by atoms with E-state index < -0.39 is 0 Å². The third-order valence-electron chi connectivity index (χ3n) is 5.68. The molecule has 2 atom stereocenters. The molecule has 0 saturated heterocycles. The van der Waals surface area contributed by atoms with Gasteiger partial charge in [-0.3, -0.25) is 0 Å². The number of ether oxygens (including phenoxy) is 3. The Bertz CT molecular complexity index is 881. The highest BCUT2D eigenvalue weighted by Crippen LogP contribution is 2.33. The molecule has 0 aromatic heterocycles. The Morgan fingerprint density at radius 2 is 1.69 bits per heavy atom. The van der Waals surface area contributed by atoms with Crippen LogP contribution in [0.3, 0.4) is 0 Å². The molecule has 0 spiro atoms. The minimum Gasteiger partial charge on any atom is -0.490 e. The first-order valence-corrected chi connectivity index (χ1v) is 11.4. The van der Waals surface area contributed by atoms with E-state index in [9.17, 15) is 0 Å². The SMILES string of the molecule is C/C=C/COc1cc(C)c(OC2CCCCC2OCc2ccc(C=NOC)cc2)c(C)c1. The summed E-state index contributed by atoms with van der Waals surface area (Å²) < 4.78 is 18.7. The van der Waals surface area contributed by atoms with Crippen LogP contribution in [0.5, 0.6) is 11.5 Å². The molecule has 0 N–H and O–H groups in total. The molecule has 0 amide bonds. The minimum atomic E-state index is 0.0593. The summed E-state index contributed by atoms with van der Waals surface area (Å²) in [6, 6.07) is 12.3. The van der Waals surface area contributed by atoms with Crippen molar-refractivity contribution in [2.75, 3.05) is 13.7 Å². The molecule has 2 aromatic carbocycles. The van der Waals surface area contributed by atoms with Crippen LogP contribution in [0.25, 0.3) is 0 Å². The molecular weight excluding hydrogens is 402 g/mol. The lowest BCUT2D eigenvalue weighted by Crippen LogP contribution is -2.37. The molecule has 5 heteroatoms. The van der Waals surface area contributed by atoms with E-state index >= 15 is 0 Å². The summed E-state index contributed by atoms with van der Waals surface area (Å²) in [5.74, 6) is 1.83. The van der Waals surface area contributed by atoms with E-state index in [1.807, 2.05) is 31.2 Å². The van der Waals surface area contributed by atoms with Crippen LogP contribution in [0, 0.1) is 13.8 Å². The number of hydrogen-bond donors (Lipinski definition) is 0. The maximum atomic E-state index is 6.54. The normalized spacial score (nSPS) is 18.9. The number of benzene rings is 2. The van der Waals surface area contributed by atoms with Gasteiger partial charge in [0.15, 0.2) is 0 Å². The number of aryl methyl sites for hydroxylation is 2. The van der Waals surface area contributed by atoms with Crippen LogP contribution in [-0.2, 0) is 16.2 Å². The number of hydrogen-bond acceptors (Lipinski definition) is 5. The molecule has 172 valence electrons. The van der Waals surface area contributed by atoms with Crippen LogP contribution in [0.2, 0.25) is 0 Å². The summed E-state index contributed by atoms with van der Waals surface area (Å²) in [5, 5.41) is 3.80. The molecule has 0 bridgehead atoms. The first-order valence-electron chi connectivity index (χ1n) is 11.4. The summed E-state index contributed by atoms with van der Waals surface area (Å²) >= 11 is 0. The highest BCUT2D eigenvalue weighted by molar-refractivity contribution is 5.79. The van der Waals surface area contributed by atoms with Gasteiger partial charge in [0.2, 0.25) is 0 Å². The van der Waals surface area contributed by atoms with Crippen molar-refractivity contribution in [2.24, 2.45) is 5.16 Å². The second kappa shape index (κ2) is 12.3. The third kappa shape index (κ3) is 6.86. The van der Waals surface area contributed by atoms with E-state index in [0.29, 0.717) is 13.2 Å². The summed E-state index contributed by atoms with van der Waals surface area (Å²) in [5.41, 5.74) is 4.33. The molecule has 1 fully saturated rings. The Hall–Kier alpha value is -2.79. The van der Waals surface area contributed by atoms with Gasteiger partial charge in [0.05, 0.1) is 18.9 Å². The predicted molar refractivity (Wildman–Crippen MR) is 129 cm³/mol. The molecule has 2 aromatic rings.